The van der Waals surface area contributed by atoms with Crippen LogP contribution in [0.2, 0.25) is 0 Å². The van der Waals surface area contributed by atoms with Crippen LogP contribution in [0.15, 0.2) is 0 Å². The van der Waals surface area contributed by atoms with Crippen LogP contribution in [0.3, 0.4) is 0 Å². The van der Waals surface area contributed by atoms with E-state index in [1.54, 1.807) is 0 Å². The van der Waals surface area contributed by atoms with Crippen molar-refractivity contribution in [1.82, 2.24) is 4.90 Å². The van der Waals surface area contributed by atoms with Gasteiger partial charge in [0.05, 0.1) is 6.04 Å². The van der Waals surface area contributed by atoms with Crippen molar-refractivity contribution in [1.29, 1.82) is 0 Å². The van der Waals surface area contributed by atoms with Crippen LogP contribution in [0.4, 0.5) is 0 Å². The number of hydrogen-bond donors (Lipinski definition) is 1. The minimum absolute atomic E-state index is 0.0555. The highest BCUT2D eigenvalue weighted by molar-refractivity contribution is 5.56. The maximum atomic E-state index is 10.5. The zero-order valence-corrected chi connectivity index (χ0v) is 7.86. The van der Waals surface area contributed by atoms with Crippen molar-refractivity contribution < 1.29 is 4.79 Å². The van der Waals surface area contributed by atoms with Crippen LogP contribution < -0.4 is 5.73 Å². The second-order valence-electron chi connectivity index (χ2n) is 3.80. The van der Waals surface area contributed by atoms with Crippen LogP contribution in [-0.2, 0) is 4.79 Å². The first kappa shape index (κ1) is 9.68. The van der Waals surface area contributed by atoms with E-state index in [9.17, 15) is 4.79 Å². The maximum absolute atomic E-state index is 10.5. The van der Waals surface area contributed by atoms with Crippen molar-refractivity contribution in [3.05, 3.63) is 0 Å². The highest BCUT2D eigenvalue weighted by Crippen LogP contribution is 2.16. The number of piperidine rings is 1. The largest absolute Gasteiger partial charge is 0.327 e. The lowest BCUT2D eigenvalue weighted by molar-refractivity contribution is -0.112. The van der Waals surface area contributed by atoms with Gasteiger partial charge in [0.15, 0.2) is 0 Å². The van der Waals surface area contributed by atoms with E-state index in [4.69, 9.17) is 5.73 Å². The molecule has 0 saturated carbocycles. The maximum Gasteiger partial charge on any atom is 0.136 e. The number of hydrogen-bond acceptors (Lipinski definition) is 3. The molecule has 1 aliphatic heterocycles. The lowest BCUT2D eigenvalue weighted by Gasteiger charge is -2.36. The fourth-order valence-electron chi connectivity index (χ4n) is 1.65. The molecule has 0 aromatic heterocycles. The average molecular weight is 170 g/mol. The van der Waals surface area contributed by atoms with Gasteiger partial charge in [0.25, 0.3) is 0 Å². The number of rotatable bonds is 2. The van der Waals surface area contributed by atoms with E-state index < -0.39 is 0 Å². The van der Waals surface area contributed by atoms with Gasteiger partial charge in [-0.1, -0.05) is 6.92 Å². The van der Waals surface area contributed by atoms with Crippen LogP contribution in [0.25, 0.3) is 0 Å². The predicted molar refractivity (Wildman–Crippen MR) is 48.9 cm³/mol. The monoisotopic (exact) mass is 170 g/mol. The van der Waals surface area contributed by atoms with Crippen molar-refractivity contribution in [3.63, 3.8) is 0 Å². The summed E-state index contributed by atoms with van der Waals surface area (Å²) in [5.41, 5.74) is 5.87. The molecule has 0 aromatic carbocycles. The Balaban J connectivity index is 2.44. The molecule has 1 aliphatic rings. The number of nitrogens with two attached hydrogens (primary N) is 1. The Labute approximate surface area is 73.9 Å². The summed E-state index contributed by atoms with van der Waals surface area (Å²) in [6, 6.07) is 0.375. The molecule has 1 saturated heterocycles. The van der Waals surface area contributed by atoms with Crippen LogP contribution in [0.5, 0.6) is 0 Å². The van der Waals surface area contributed by atoms with Gasteiger partial charge >= 0.3 is 0 Å². The van der Waals surface area contributed by atoms with Crippen LogP contribution in [-0.4, -0.2) is 36.4 Å². The molecule has 1 rings (SSSR count). The van der Waals surface area contributed by atoms with Gasteiger partial charge < -0.3 is 10.5 Å². The van der Waals surface area contributed by atoms with E-state index in [0.29, 0.717) is 12.0 Å². The van der Waals surface area contributed by atoms with Crippen molar-refractivity contribution in [2.24, 2.45) is 11.7 Å². The molecule has 3 atom stereocenters. The molecule has 1 heterocycles. The minimum Gasteiger partial charge on any atom is -0.327 e. The first-order valence-electron chi connectivity index (χ1n) is 4.60. The summed E-state index contributed by atoms with van der Waals surface area (Å²) in [5.74, 6) is 0.515. The summed E-state index contributed by atoms with van der Waals surface area (Å²) >= 11 is 0. The van der Waals surface area contributed by atoms with Crippen molar-refractivity contribution in [2.75, 3.05) is 13.1 Å². The highest BCUT2D eigenvalue weighted by Gasteiger charge is 2.25. The first-order chi connectivity index (χ1) is 5.65. The van der Waals surface area contributed by atoms with E-state index in [-0.39, 0.29) is 6.04 Å². The minimum atomic E-state index is 0.0555. The highest BCUT2D eigenvalue weighted by atomic mass is 16.1. The molecule has 12 heavy (non-hydrogen) atoms. The third-order valence-corrected chi connectivity index (χ3v) is 2.78. The summed E-state index contributed by atoms with van der Waals surface area (Å²) in [6.45, 7) is 6.01. The lowest BCUT2D eigenvalue weighted by atomic mass is 9.94. The molecule has 0 radical (unpaired) electrons. The third kappa shape index (κ3) is 2.05. The van der Waals surface area contributed by atoms with E-state index in [1.165, 1.54) is 0 Å². The number of carbonyl (C=O) groups excluding carboxylic acids is 1. The average Bonchev–Trinajstić information content (AvgIpc) is 2.08. The van der Waals surface area contributed by atoms with E-state index in [2.05, 4.69) is 11.8 Å². The Morgan fingerprint density at radius 1 is 1.67 bits per heavy atom. The van der Waals surface area contributed by atoms with Crippen molar-refractivity contribution >= 4 is 6.29 Å². The number of likely N-dealkylation sites (tertiary alicyclic amines) is 1. The normalized spacial score (nSPS) is 34.6. The lowest BCUT2D eigenvalue weighted by Crippen LogP contribution is -2.49. The summed E-state index contributed by atoms with van der Waals surface area (Å²) in [5, 5.41) is 0. The quantitative estimate of drug-likeness (QED) is 0.604. The zero-order chi connectivity index (χ0) is 9.14. The molecule has 3 unspecified atom stereocenters. The van der Waals surface area contributed by atoms with Gasteiger partial charge in [0.1, 0.15) is 6.29 Å². The van der Waals surface area contributed by atoms with Crippen molar-refractivity contribution in [3.8, 4) is 0 Å². The molecule has 2 N–H and O–H groups in total. The standard InChI is InChI=1S/C9H18N2O/c1-7-5-11(8(2)6-12)4-3-9(7)10/h6-9H,3-5,10H2,1-2H3. The molecule has 3 nitrogen and oxygen atoms in total. The van der Waals surface area contributed by atoms with Gasteiger partial charge in [-0.3, -0.25) is 4.90 Å². The number of carbonyl (C=O) groups is 1. The smallest absolute Gasteiger partial charge is 0.136 e. The van der Waals surface area contributed by atoms with Gasteiger partial charge in [-0.05, 0) is 19.3 Å². The van der Waals surface area contributed by atoms with Gasteiger partial charge in [-0.15, -0.1) is 0 Å². The van der Waals surface area contributed by atoms with Gasteiger partial charge in [-0.25, -0.2) is 0 Å². The predicted octanol–water partition coefficient (Wildman–Crippen LogP) is 0.243. The van der Waals surface area contributed by atoms with Gasteiger partial charge in [0, 0.05) is 19.1 Å². The van der Waals surface area contributed by atoms with E-state index in [1.807, 2.05) is 6.92 Å². The fourth-order valence-corrected chi connectivity index (χ4v) is 1.65. The first-order valence-corrected chi connectivity index (χ1v) is 4.60. The molecular formula is C9H18N2O. The molecule has 3 heteroatoms. The Morgan fingerprint density at radius 3 is 2.83 bits per heavy atom. The second kappa shape index (κ2) is 4.01. The number of nitrogens with zero attached hydrogens (tertiary/aromatic N) is 1. The Morgan fingerprint density at radius 2 is 2.33 bits per heavy atom. The Bertz CT molecular complexity index is 161. The fraction of sp³-hybridized carbons (Fsp3) is 0.889. The molecule has 0 bridgehead atoms. The van der Waals surface area contributed by atoms with Crippen LogP contribution in [0.1, 0.15) is 20.3 Å². The molecule has 0 spiro atoms. The molecule has 1 fully saturated rings. The summed E-state index contributed by atoms with van der Waals surface area (Å²) in [7, 11) is 0. The molecule has 0 aromatic rings. The van der Waals surface area contributed by atoms with Gasteiger partial charge in [-0.2, -0.15) is 0 Å². The Hall–Kier alpha value is -0.410. The molecule has 0 aliphatic carbocycles. The SMILES string of the molecule is CC1CN(C(C)C=O)CCC1N. The summed E-state index contributed by atoms with van der Waals surface area (Å²) in [4.78, 5) is 12.7. The number of aldehydes is 1. The van der Waals surface area contributed by atoms with Crippen LogP contribution in [0, 0.1) is 5.92 Å². The van der Waals surface area contributed by atoms with E-state index >= 15 is 0 Å². The molecule has 70 valence electrons. The van der Waals surface area contributed by atoms with E-state index in [0.717, 1.165) is 25.8 Å². The zero-order valence-electron chi connectivity index (χ0n) is 7.86. The summed E-state index contributed by atoms with van der Waals surface area (Å²) < 4.78 is 0. The third-order valence-electron chi connectivity index (χ3n) is 2.78. The topological polar surface area (TPSA) is 46.3 Å². The molecular weight excluding hydrogens is 152 g/mol. The van der Waals surface area contributed by atoms with Gasteiger partial charge in [0.2, 0.25) is 0 Å². The Kier molecular flexibility index (Phi) is 3.23. The summed E-state index contributed by atoms with van der Waals surface area (Å²) in [6.07, 6.45) is 2.02. The second-order valence-corrected chi connectivity index (χ2v) is 3.80. The molecule has 0 amide bonds. The van der Waals surface area contributed by atoms with Crippen LogP contribution >= 0.6 is 0 Å². The van der Waals surface area contributed by atoms with Crippen molar-refractivity contribution in [2.45, 2.75) is 32.4 Å².